The molecule has 1 aliphatic heterocycles. The van der Waals surface area contributed by atoms with E-state index < -0.39 is 10.0 Å². The summed E-state index contributed by atoms with van der Waals surface area (Å²) in [5.74, 6) is -0.268. The molecule has 134 valence electrons. The molecule has 5 nitrogen and oxygen atoms in total. The molecule has 1 aromatic rings. The van der Waals surface area contributed by atoms with Gasteiger partial charge >= 0.3 is 0 Å². The van der Waals surface area contributed by atoms with Crippen LogP contribution in [-0.4, -0.2) is 32.4 Å². The first-order valence-electron chi connectivity index (χ1n) is 8.46. The van der Waals surface area contributed by atoms with Crippen LogP contribution in [0.4, 0.5) is 11.4 Å². The van der Waals surface area contributed by atoms with Gasteiger partial charge in [-0.2, -0.15) is 0 Å². The van der Waals surface area contributed by atoms with Gasteiger partial charge in [0.2, 0.25) is 10.0 Å². The Morgan fingerprint density at radius 3 is 2.42 bits per heavy atom. The summed E-state index contributed by atoms with van der Waals surface area (Å²) in [6.07, 6.45) is 7.78. The number of rotatable bonds is 4. The molecule has 2 aliphatic carbocycles. The highest BCUT2D eigenvalue weighted by Gasteiger charge is 2.51. The van der Waals surface area contributed by atoms with E-state index in [0.29, 0.717) is 11.1 Å². The molecule has 0 amide bonds. The van der Waals surface area contributed by atoms with Crippen molar-refractivity contribution < 1.29 is 13.5 Å². The lowest BCUT2D eigenvalue weighted by Crippen LogP contribution is -2.34. The van der Waals surface area contributed by atoms with E-state index in [1.165, 1.54) is 44.1 Å². The van der Waals surface area contributed by atoms with Crippen molar-refractivity contribution in [3.05, 3.63) is 23.8 Å². The average Bonchev–Trinajstić information content (AvgIpc) is 3.19. The second-order valence-electron chi connectivity index (χ2n) is 7.54. The van der Waals surface area contributed by atoms with Crippen LogP contribution in [0, 0.1) is 5.41 Å². The number of hydrogen-bond donors (Lipinski definition) is 3. The van der Waals surface area contributed by atoms with Crippen molar-refractivity contribution in [2.24, 2.45) is 5.41 Å². The van der Waals surface area contributed by atoms with Crippen molar-refractivity contribution in [1.82, 2.24) is 0 Å². The summed E-state index contributed by atoms with van der Waals surface area (Å²) < 4.78 is 26.3. The number of aliphatic hydroxyl groups excluding tert-OH is 1. The standard InChI is InChI=1S/C17H24N2O3S.ClH/c20-9-10-23(21,22)19-13-1-2-15-14(11-13)17(12-18-15)7-5-16(3-4-16)6-8-17;/h1-2,11,18-20H,3-10,12H2;1H. The van der Waals surface area contributed by atoms with Crippen LogP contribution in [-0.2, 0) is 15.4 Å². The maximum absolute atomic E-state index is 11.9. The summed E-state index contributed by atoms with van der Waals surface area (Å²) in [5.41, 5.74) is 3.82. The van der Waals surface area contributed by atoms with Gasteiger partial charge in [-0.1, -0.05) is 0 Å². The fraction of sp³-hybridized carbons (Fsp3) is 0.647. The van der Waals surface area contributed by atoms with E-state index in [1.807, 2.05) is 12.1 Å². The molecule has 0 unspecified atom stereocenters. The number of aliphatic hydroxyl groups is 1. The lowest BCUT2D eigenvalue weighted by molar-refractivity contribution is 0.232. The van der Waals surface area contributed by atoms with E-state index in [9.17, 15) is 8.42 Å². The number of fused-ring (bicyclic) bond motifs is 2. The second-order valence-corrected chi connectivity index (χ2v) is 9.38. The Morgan fingerprint density at radius 1 is 1.12 bits per heavy atom. The molecule has 2 fully saturated rings. The SMILES string of the molecule is Cl.O=S(=O)(CCO)Nc1ccc2c(c1)C1(CCC3(CC3)CC1)CN2. The number of hydrogen-bond acceptors (Lipinski definition) is 4. The normalized spacial score (nSPS) is 22.5. The molecule has 1 aromatic carbocycles. The van der Waals surface area contributed by atoms with Crippen LogP contribution in [0.2, 0.25) is 0 Å². The van der Waals surface area contributed by atoms with E-state index in [4.69, 9.17) is 5.11 Å². The van der Waals surface area contributed by atoms with Crippen molar-refractivity contribution in [3.8, 4) is 0 Å². The molecule has 2 saturated carbocycles. The summed E-state index contributed by atoms with van der Waals surface area (Å²) in [4.78, 5) is 0. The van der Waals surface area contributed by atoms with Crippen LogP contribution in [0.25, 0.3) is 0 Å². The molecule has 3 aliphatic rings. The molecule has 24 heavy (non-hydrogen) atoms. The Morgan fingerprint density at radius 2 is 1.79 bits per heavy atom. The number of nitrogens with one attached hydrogen (secondary N) is 2. The topological polar surface area (TPSA) is 78.4 Å². The van der Waals surface area contributed by atoms with Gasteiger partial charge in [0.25, 0.3) is 0 Å². The number of benzene rings is 1. The Balaban J connectivity index is 0.00000169. The van der Waals surface area contributed by atoms with Gasteiger partial charge in [-0.25, -0.2) is 8.42 Å². The lowest BCUT2D eigenvalue weighted by atomic mass is 9.66. The average molecular weight is 373 g/mol. The fourth-order valence-electron chi connectivity index (χ4n) is 4.29. The first-order chi connectivity index (χ1) is 11.0. The summed E-state index contributed by atoms with van der Waals surface area (Å²) in [7, 11) is -3.47. The molecule has 7 heteroatoms. The van der Waals surface area contributed by atoms with Gasteiger partial charge in [0.15, 0.2) is 0 Å². The van der Waals surface area contributed by atoms with Crippen LogP contribution < -0.4 is 10.0 Å². The molecule has 4 rings (SSSR count). The molecule has 1 heterocycles. The van der Waals surface area contributed by atoms with Gasteiger partial charge in [-0.05, 0) is 67.7 Å². The van der Waals surface area contributed by atoms with Crippen molar-refractivity contribution >= 4 is 33.8 Å². The monoisotopic (exact) mass is 372 g/mol. The molecule has 0 bridgehead atoms. The summed E-state index contributed by atoms with van der Waals surface area (Å²) in [6, 6.07) is 5.77. The molecule has 3 N–H and O–H groups in total. The fourth-order valence-corrected chi connectivity index (χ4v) is 5.12. The zero-order valence-electron chi connectivity index (χ0n) is 13.7. The van der Waals surface area contributed by atoms with Gasteiger partial charge in [0, 0.05) is 23.3 Å². The van der Waals surface area contributed by atoms with E-state index in [-0.39, 0.29) is 30.2 Å². The van der Waals surface area contributed by atoms with Gasteiger partial charge in [-0.3, -0.25) is 4.72 Å². The highest BCUT2D eigenvalue weighted by molar-refractivity contribution is 7.92. The minimum absolute atomic E-state index is 0. The molecular formula is C17H25ClN2O3S. The quantitative estimate of drug-likeness (QED) is 0.759. The number of sulfonamides is 1. The molecule has 2 spiro atoms. The molecule has 0 aromatic heterocycles. The summed E-state index contributed by atoms with van der Waals surface area (Å²) in [6.45, 7) is 0.596. The maximum Gasteiger partial charge on any atom is 0.234 e. The molecule has 0 saturated heterocycles. The first kappa shape index (κ1) is 17.8. The van der Waals surface area contributed by atoms with Crippen molar-refractivity contribution in [2.45, 2.75) is 43.9 Å². The Kier molecular flexibility index (Phi) is 4.51. The van der Waals surface area contributed by atoms with Crippen LogP contribution in [0.3, 0.4) is 0 Å². The third kappa shape index (κ3) is 3.11. The molecule has 0 atom stereocenters. The minimum atomic E-state index is -3.47. The van der Waals surface area contributed by atoms with Gasteiger partial charge in [0.05, 0.1) is 12.4 Å². The Bertz CT molecular complexity index is 721. The molecular weight excluding hydrogens is 348 g/mol. The smallest absolute Gasteiger partial charge is 0.234 e. The third-order valence-electron chi connectivity index (χ3n) is 6.07. The minimum Gasteiger partial charge on any atom is -0.395 e. The maximum atomic E-state index is 11.9. The van der Waals surface area contributed by atoms with Crippen molar-refractivity contribution in [2.75, 3.05) is 28.9 Å². The van der Waals surface area contributed by atoms with Gasteiger partial charge < -0.3 is 10.4 Å². The lowest BCUT2D eigenvalue weighted by Gasteiger charge is -2.37. The van der Waals surface area contributed by atoms with E-state index in [1.54, 1.807) is 6.07 Å². The number of halogens is 1. The highest BCUT2D eigenvalue weighted by atomic mass is 35.5. The number of anilines is 2. The largest absolute Gasteiger partial charge is 0.395 e. The van der Waals surface area contributed by atoms with E-state index >= 15 is 0 Å². The predicted molar refractivity (Wildman–Crippen MR) is 98.5 cm³/mol. The summed E-state index contributed by atoms with van der Waals surface area (Å²) in [5, 5.41) is 12.4. The Hall–Kier alpha value is -0.980. The zero-order valence-corrected chi connectivity index (χ0v) is 15.3. The van der Waals surface area contributed by atoms with Gasteiger partial charge in [-0.15, -0.1) is 12.4 Å². The summed E-state index contributed by atoms with van der Waals surface area (Å²) >= 11 is 0. The van der Waals surface area contributed by atoms with Crippen LogP contribution in [0.1, 0.15) is 44.1 Å². The van der Waals surface area contributed by atoms with Crippen molar-refractivity contribution in [3.63, 3.8) is 0 Å². The second kappa shape index (κ2) is 6.07. The predicted octanol–water partition coefficient (Wildman–Crippen LogP) is 2.86. The highest BCUT2D eigenvalue weighted by Crippen LogP contribution is 2.61. The van der Waals surface area contributed by atoms with E-state index in [2.05, 4.69) is 10.0 Å². The van der Waals surface area contributed by atoms with Crippen molar-refractivity contribution in [1.29, 1.82) is 0 Å². The third-order valence-corrected chi connectivity index (χ3v) is 7.33. The molecule has 0 radical (unpaired) electrons. The zero-order chi connectivity index (χ0) is 16.1. The van der Waals surface area contributed by atoms with Gasteiger partial charge in [0.1, 0.15) is 0 Å². The first-order valence-corrected chi connectivity index (χ1v) is 10.1. The van der Waals surface area contributed by atoms with Crippen LogP contribution in [0.15, 0.2) is 18.2 Å². The van der Waals surface area contributed by atoms with E-state index in [0.717, 1.165) is 12.2 Å². The van der Waals surface area contributed by atoms with Crippen LogP contribution >= 0.6 is 12.4 Å². The van der Waals surface area contributed by atoms with Crippen LogP contribution in [0.5, 0.6) is 0 Å². The Labute approximate surface area is 149 Å².